The van der Waals surface area contributed by atoms with Crippen LogP contribution in [0.2, 0.25) is 0 Å². The molecule has 0 bridgehead atoms. The first kappa shape index (κ1) is 22.1. The Bertz CT molecular complexity index is 596. The molecule has 1 aliphatic carbocycles. The van der Waals surface area contributed by atoms with Crippen LogP contribution in [0.5, 0.6) is 5.75 Å². The molecule has 28 heavy (non-hydrogen) atoms. The number of carbonyl (C=O) groups is 2. The summed E-state index contributed by atoms with van der Waals surface area (Å²) in [4.78, 5) is 23.7. The van der Waals surface area contributed by atoms with Crippen LogP contribution in [0.4, 0.5) is 4.79 Å². The molecule has 0 atom stereocenters. The smallest absolute Gasteiger partial charge is 0.315 e. The van der Waals surface area contributed by atoms with E-state index in [0.29, 0.717) is 44.5 Å². The van der Waals surface area contributed by atoms with Crippen LogP contribution >= 0.6 is 0 Å². The van der Waals surface area contributed by atoms with Gasteiger partial charge in [-0.2, -0.15) is 0 Å². The van der Waals surface area contributed by atoms with Gasteiger partial charge in [-0.3, -0.25) is 4.79 Å². The van der Waals surface area contributed by atoms with Crippen LogP contribution in [0.3, 0.4) is 0 Å². The van der Waals surface area contributed by atoms with Crippen LogP contribution in [0.1, 0.15) is 70.3 Å². The van der Waals surface area contributed by atoms with Gasteiger partial charge in [0.25, 0.3) is 0 Å². The van der Waals surface area contributed by atoms with Gasteiger partial charge in [0, 0.05) is 19.0 Å². The van der Waals surface area contributed by atoms with Gasteiger partial charge in [0.15, 0.2) is 0 Å². The van der Waals surface area contributed by atoms with Gasteiger partial charge in [-0.05, 0) is 42.9 Å². The minimum atomic E-state index is -0.121. The molecule has 0 aromatic heterocycles. The monoisotopic (exact) mass is 389 g/mol. The second kappa shape index (κ2) is 12.3. The Hall–Kier alpha value is -2.24. The number of ether oxygens (including phenoxy) is 1. The molecule has 1 aromatic rings. The zero-order valence-electron chi connectivity index (χ0n) is 17.3. The Morgan fingerprint density at radius 2 is 1.75 bits per heavy atom. The fraction of sp³-hybridized carbons (Fsp3) is 0.636. The van der Waals surface area contributed by atoms with Crippen molar-refractivity contribution in [1.29, 1.82) is 0 Å². The fourth-order valence-corrected chi connectivity index (χ4v) is 3.33. The minimum absolute atomic E-state index is 0.0201. The van der Waals surface area contributed by atoms with Crippen molar-refractivity contribution in [3.63, 3.8) is 0 Å². The molecule has 3 N–H and O–H groups in total. The summed E-state index contributed by atoms with van der Waals surface area (Å²) < 4.78 is 5.64. The molecule has 0 spiro atoms. The summed E-state index contributed by atoms with van der Waals surface area (Å²) in [5, 5.41) is 8.68. The Morgan fingerprint density at radius 1 is 1.04 bits per heavy atom. The van der Waals surface area contributed by atoms with E-state index in [9.17, 15) is 9.59 Å². The summed E-state index contributed by atoms with van der Waals surface area (Å²) >= 11 is 0. The van der Waals surface area contributed by atoms with E-state index >= 15 is 0 Å². The standard InChI is InChI=1S/C22H35N3O3/c1-17(2)18-10-12-20(13-11-18)28-16-15-23-21(26)9-6-14-24-22(27)25-19-7-4-3-5-8-19/h10-13,17,19H,3-9,14-16H2,1-2H3,(H,23,26)(H2,24,25,27). The summed E-state index contributed by atoms with van der Waals surface area (Å²) in [7, 11) is 0. The molecule has 3 amide bonds. The summed E-state index contributed by atoms with van der Waals surface area (Å²) in [5.74, 6) is 1.29. The highest BCUT2D eigenvalue weighted by molar-refractivity contribution is 5.76. The Labute approximate surface area is 168 Å². The van der Waals surface area contributed by atoms with Gasteiger partial charge >= 0.3 is 6.03 Å². The number of amides is 3. The van der Waals surface area contributed by atoms with E-state index < -0.39 is 0 Å². The van der Waals surface area contributed by atoms with E-state index in [0.717, 1.165) is 18.6 Å². The average Bonchev–Trinajstić information content (AvgIpc) is 2.70. The highest BCUT2D eigenvalue weighted by Crippen LogP contribution is 2.18. The highest BCUT2D eigenvalue weighted by Gasteiger charge is 2.15. The molecule has 6 heteroatoms. The van der Waals surface area contributed by atoms with Crippen molar-refractivity contribution in [3.05, 3.63) is 29.8 Å². The number of urea groups is 1. The number of hydrogen-bond donors (Lipinski definition) is 3. The molecule has 0 saturated heterocycles. The van der Waals surface area contributed by atoms with Gasteiger partial charge < -0.3 is 20.7 Å². The van der Waals surface area contributed by atoms with Crippen LogP contribution < -0.4 is 20.7 Å². The second-order valence-electron chi connectivity index (χ2n) is 7.76. The van der Waals surface area contributed by atoms with Crippen molar-refractivity contribution in [2.24, 2.45) is 0 Å². The van der Waals surface area contributed by atoms with Gasteiger partial charge in [0.05, 0.1) is 6.54 Å². The predicted octanol–water partition coefficient (Wildman–Crippen LogP) is 3.72. The normalized spacial score (nSPS) is 14.5. The quantitative estimate of drug-likeness (QED) is 0.534. The number of nitrogens with one attached hydrogen (secondary N) is 3. The van der Waals surface area contributed by atoms with E-state index in [-0.39, 0.29) is 11.9 Å². The van der Waals surface area contributed by atoms with Crippen molar-refractivity contribution < 1.29 is 14.3 Å². The molecule has 0 unspecified atom stereocenters. The highest BCUT2D eigenvalue weighted by atomic mass is 16.5. The molecule has 1 aliphatic rings. The van der Waals surface area contributed by atoms with Crippen LogP contribution in [0, 0.1) is 0 Å². The first-order valence-electron chi connectivity index (χ1n) is 10.6. The van der Waals surface area contributed by atoms with Gasteiger partial charge in [-0.15, -0.1) is 0 Å². The average molecular weight is 390 g/mol. The lowest BCUT2D eigenvalue weighted by molar-refractivity contribution is -0.121. The number of carbonyl (C=O) groups excluding carboxylic acids is 2. The van der Waals surface area contributed by atoms with Gasteiger partial charge in [0.1, 0.15) is 12.4 Å². The first-order valence-corrected chi connectivity index (χ1v) is 10.6. The molecule has 1 aromatic carbocycles. The summed E-state index contributed by atoms with van der Waals surface area (Å²) in [6.07, 6.45) is 6.81. The first-order chi connectivity index (χ1) is 13.5. The zero-order valence-corrected chi connectivity index (χ0v) is 17.3. The van der Waals surface area contributed by atoms with Crippen molar-refractivity contribution >= 4 is 11.9 Å². The Balaban J connectivity index is 1.47. The maximum atomic E-state index is 11.8. The lowest BCUT2D eigenvalue weighted by Crippen LogP contribution is -2.43. The van der Waals surface area contributed by atoms with Crippen LogP contribution in [0.15, 0.2) is 24.3 Å². The van der Waals surface area contributed by atoms with Gasteiger partial charge in [-0.25, -0.2) is 4.79 Å². The van der Waals surface area contributed by atoms with Gasteiger partial charge in [-0.1, -0.05) is 45.2 Å². The third-order valence-electron chi connectivity index (χ3n) is 5.05. The third-order valence-corrected chi connectivity index (χ3v) is 5.05. The molecule has 1 fully saturated rings. The molecule has 2 rings (SSSR count). The van der Waals surface area contributed by atoms with Crippen molar-refractivity contribution in [3.8, 4) is 5.75 Å². The third kappa shape index (κ3) is 8.63. The van der Waals surface area contributed by atoms with Gasteiger partial charge in [0.2, 0.25) is 5.91 Å². The molecule has 0 heterocycles. The van der Waals surface area contributed by atoms with Crippen molar-refractivity contribution in [2.45, 2.75) is 70.8 Å². The van der Waals surface area contributed by atoms with Crippen molar-refractivity contribution in [1.82, 2.24) is 16.0 Å². The fourth-order valence-electron chi connectivity index (χ4n) is 3.33. The number of rotatable bonds is 10. The lowest BCUT2D eigenvalue weighted by Gasteiger charge is -2.22. The van der Waals surface area contributed by atoms with E-state index in [1.54, 1.807) is 0 Å². The summed E-state index contributed by atoms with van der Waals surface area (Å²) in [6.45, 7) is 5.73. The molecular formula is C22H35N3O3. The van der Waals surface area contributed by atoms with Crippen LogP contribution in [-0.2, 0) is 4.79 Å². The lowest BCUT2D eigenvalue weighted by atomic mass is 9.96. The number of hydrogen-bond acceptors (Lipinski definition) is 3. The SMILES string of the molecule is CC(C)c1ccc(OCCNC(=O)CCCNC(=O)NC2CCCCC2)cc1. The topological polar surface area (TPSA) is 79.5 Å². The predicted molar refractivity (Wildman–Crippen MR) is 112 cm³/mol. The molecular weight excluding hydrogens is 354 g/mol. The minimum Gasteiger partial charge on any atom is -0.492 e. The Morgan fingerprint density at radius 3 is 2.43 bits per heavy atom. The molecule has 156 valence electrons. The van der Waals surface area contributed by atoms with E-state index in [2.05, 4.69) is 41.9 Å². The largest absolute Gasteiger partial charge is 0.492 e. The maximum absolute atomic E-state index is 11.8. The molecule has 0 radical (unpaired) electrons. The number of benzene rings is 1. The Kier molecular flexibility index (Phi) is 9.66. The van der Waals surface area contributed by atoms with Crippen LogP contribution in [0.25, 0.3) is 0 Å². The molecule has 1 saturated carbocycles. The van der Waals surface area contributed by atoms with E-state index in [1.165, 1.54) is 24.8 Å². The van der Waals surface area contributed by atoms with Crippen LogP contribution in [-0.4, -0.2) is 37.7 Å². The molecule has 0 aliphatic heterocycles. The van der Waals surface area contributed by atoms with E-state index in [1.807, 2.05) is 12.1 Å². The zero-order chi connectivity index (χ0) is 20.2. The summed E-state index contributed by atoms with van der Waals surface area (Å²) in [6, 6.07) is 8.23. The summed E-state index contributed by atoms with van der Waals surface area (Å²) in [5.41, 5.74) is 1.28. The van der Waals surface area contributed by atoms with Crippen molar-refractivity contribution in [2.75, 3.05) is 19.7 Å². The maximum Gasteiger partial charge on any atom is 0.315 e. The molecule has 6 nitrogen and oxygen atoms in total. The second-order valence-corrected chi connectivity index (χ2v) is 7.76. The van der Waals surface area contributed by atoms with E-state index in [4.69, 9.17) is 4.74 Å².